The number of hydrogen-bond acceptors (Lipinski definition) is 2. The molecule has 3 heteroatoms. The van der Waals surface area contributed by atoms with Crippen LogP contribution in [0.3, 0.4) is 0 Å². The molecule has 0 aliphatic carbocycles. The minimum Gasteiger partial charge on any atom is -0.351 e. The minimum absolute atomic E-state index is 0.00737. The van der Waals surface area contributed by atoms with E-state index in [4.69, 9.17) is 5.73 Å². The molecule has 0 aliphatic heterocycles. The Labute approximate surface area is 93.8 Å². The van der Waals surface area contributed by atoms with Crippen molar-refractivity contribution >= 4 is 5.91 Å². The molecule has 0 heterocycles. The second kappa shape index (κ2) is 6.83. The Hall–Kier alpha value is -0.570. The second-order valence-corrected chi connectivity index (χ2v) is 4.57. The summed E-state index contributed by atoms with van der Waals surface area (Å²) in [6.07, 6.45) is 4.32. The van der Waals surface area contributed by atoms with Crippen molar-refractivity contribution in [2.75, 3.05) is 0 Å². The van der Waals surface area contributed by atoms with Crippen LogP contribution in [-0.4, -0.2) is 17.5 Å². The van der Waals surface area contributed by atoms with Crippen molar-refractivity contribution in [2.24, 2.45) is 5.73 Å². The smallest absolute Gasteiger partial charge is 0.221 e. The van der Waals surface area contributed by atoms with Gasteiger partial charge in [-0.2, -0.15) is 0 Å². The fourth-order valence-corrected chi connectivity index (χ4v) is 1.53. The van der Waals surface area contributed by atoms with Crippen LogP contribution in [0, 0.1) is 0 Å². The summed E-state index contributed by atoms with van der Waals surface area (Å²) in [5.74, 6) is 0.0853. The normalized spacial score (nSPS) is 13.7. The molecular weight excluding hydrogens is 188 g/mol. The molecule has 90 valence electrons. The maximum Gasteiger partial charge on any atom is 0.221 e. The summed E-state index contributed by atoms with van der Waals surface area (Å²) in [4.78, 5) is 11.7. The van der Waals surface area contributed by atoms with Crippen LogP contribution in [0.2, 0.25) is 0 Å². The molecule has 15 heavy (non-hydrogen) atoms. The molecule has 1 unspecified atom stereocenters. The summed E-state index contributed by atoms with van der Waals surface area (Å²) >= 11 is 0. The van der Waals surface area contributed by atoms with Gasteiger partial charge in [-0.15, -0.1) is 0 Å². The van der Waals surface area contributed by atoms with Gasteiger partial charge in [-0.1, -0.05) is 27.2 Å². The van der Waals surface area contributed by atoms with Crippen molar-refractivity contribution in [3.8, 4) is 0 Å². The van der Waals surface area contributed by atoms with Crippen LogP contribution in [0.5, 0.6) is 0 Å². The van der Waals surface area contributed by atoms with Gasteiger partial charge in [-0.25, -0.2) is 0 Å². The van der Waals surface area contributed by atoms with E-state index in [-0.39, 0.29) is 17.5 Å². The molecule has 0 rings (SSSR count). The third-order valence-electron chi connectivity index (χ3n) is 3.11. The van der Waals surface area contributed by atoms with Gasteiger partial charge in [0, 0.05) is 18.0 Å². The number of nitrogens with one attached hydrogen (secondary N) is 1. The number of amides is 1. The zero-order chi connectivity index (χ0) is 11.9. The quantitative estimate of drug-likeness (QED) is 0.682. The summed E-state index contributed by atoms with van der Waals surface area (Å²) < 4.78 is 0. The van der Waals surface area contributed by atoms with Crippen LogP contribution in [-0.2, 0) is 4.79 Å². The Morgan fingerprint density at radius 2 is 1.87 bits per heavy atom. The van der Waals surface area contributed by atoms with Crippen molar-refractivity contribution in [1.82, 2.24) is 5.32 Å². The molecule has 1 atom stereocenters. The first kappa shape index (κ1) is 14.4. The van der Waals surface area contributed by atoms with Crippen LogP contribution in [0.25, 0.3) is 0 Å². The van der Waals surface area contributed by atoms with E-state index < -0.39 is 0 Å². The molecule has 0 radical (unpaired) electrons. The molecular formula is C12H26N2O. The maximum atomic E-state index is 11.7. The first-order valence-electron chi connectivity index (χ1n) is 6.04. The Morgan fingerprint density at radius 1 is 1.33 bits per heavy atom. The van der Waals surface area contributed by atoms with E-state index in [2.05, 4.69) is 33.0 Å². The zero-order valence-corrected chi connectivity index (χ0v) is 10.6. The van der Waals surface area contributed by atoms with Crippen LogP contribution in [0.15, 0.2) is 0 Å². The Bertz CT molecular complexity index is 188. The number of hydrogen-bond donors (Lipinski definition) is 2. The average Bonchev–Trinajstić information content (AvgIpc) is 2.17. The molecule has 0 aromatic carbocycles. The molecule has 1 amide bonds. The average molecular weight is 214 g/mol. The number of carbonyl (C=O) groups is 1. The highest BCUT2D eigenvalue weighted by Gasteiger charge is 2.22. The lowest BCUT2D eigenvalue weighted by Gasteiger charge is -2.28. The summed E-state index contributed by atoms with van der Waals surface area (Å²) in [6, 6.07) is 0.00737. The highest BCUT2D eigenvalue weighted by Crippen LogP contribution is 2.14. The molecule has 0 saturated carbocycles. The minimum atomic E-state index is -0.0665. The molecule has 0 aliphatic rings. The van der Waals surface area contributed by atoms with E-state index in [1.165, 1.54) is 0 Å². The fourth-order valence-electron chi connectivity index (χ4n) is 1.53. The third-order valence-corrected chi connectivity index (χ3v) is 3.11. The van der Waals surface area contributed by atoms with Gasteiger partial charge >= 0.3 is 0 Å². The molecule has 0 fully saturated rings. The van der Waals surface area contributed by atoms with Crippen LogP contribution >= 0.6 is 0 Å². The SMILES string of the molecule is CCCC(N)CC(=O)NC(C)(CC)CC. The molecule has 0 aromatic heterocycles. The third kappa shape index (κ3) is 5.78. The summed E-state index contributed by atoms with van der Waals surface area (Å²) in [5.41, 5.74) is 5.76. The first-order chi connectivity index (χ1) is 6.97. The Kier molecular flexibility index (Phi) is 6.57. The second-order valence-electron chi connectivity index (χ2n) is 4.57. The van der Waals surface area contributed by atoms with Gasteiger partial charge in [0.05, 0.1) is 0 Å². The fraction of sp³-hybridized carbons (Fsp3) is 0.917. The molecule has 3 nitrogen and oxygen atoms in total. The molecule has 3 N–H and O–H groups in total. The first-order valence-corrected chi connectivity index (χ1v) is 6.04. The molecule has 0 aromatic rings. The predicted molar refractivity (Wildman–Crippen MR) is 64.6 cm³/mol. The summed E-state index contributed by atoms with van der Waals surface area (Å²) in [7, 11) is 0. The predicted octanol–water partition coefficient (Wildman–Crippen LogP) is 2.20. The van der Waals surface area contributed by atoms with Crippen molar-refractivity contribution in [2.45, 2.75) is 71.4 Å². The summed E-state index contributed by atoms with van der Waals surface area (Å²) in [6.45, 7) is 8.35. The van der Waals surface area contributed by atoms with Gasteiger partial charge in [0.25, 0.3) is 0 Å². The van der Waals surface area contributed by atoms with Crippen LogP contribution in [0.1, 0.15) is 59.8 Å². The van der Waals surface area contributed by atoms with E-state index in [9.17, 15) is 4.79 Å². The maximum absolute atomic E-state index is 11.7. The molecule has 0 saturated heterocycles. The van der Waals surface area contributed by atoms with Gasteiger partial charge < -0.3 is 11.1 Å². The standard InChI is InChI=1S/C12H26N2O/c1-5-8-10(13)9-11(15)14-12(4,6-2)7-3/h10H,5-9,13H2,1-4H3,(H,14,15). The van der Waals surface area contributed by atoms with Gasteiger partial charge in [0.15, 0.2) is 0 Å². The lowest BCUT2D eigenvalue weighted by Crippen LogP contribution is -2.46. The molecule has 0 spiro atoms. The van der Waals surface area contributed by atoms with Crippen molar-refractivity contribution in [1.29, 1.82) is 0 Å². The van der Waals surface area contributed by atoms with Gasteiger partial charge in [0.2, 0.25) is 5.91 Å². The van der Waals surface area contributed by atoms with Crippen LogP contribution < -0.4 is 11.1 Å². The van der Waals surface area contributed by atoms with E-state index in [0.29, 0.717) is 6.42 Å². The van der Waals surface area contributed by atoms with Crippen molar-refractivity contribution < 1.29 is 4.79 Å². The number of nitrogens with two attached hydrogens (primary N) is 1. The van der Waals surface area contributed by atoms with E-state index >= 15 is 0 Å². The monoisotopic (exact) mass is 214 g/mol. The Balaban J connectivity index is 4.02. The van der Waals surface area contributed by atoms with Gasteiger partial charge in [0.1, 0.15) is 0 Å². The van der Waals surface area contributed by atoms with Crippen molar-refractivity contribution in [3.05, 3.63) is 0 Å². The van der Waals surface area contributed by atoms with E-state index in [1.54, 1.807) is 0 Å². The lowest BCUT2D eigenvalue weighted by atomic mass is 9.95. The largest absolute Gasteiger partial charge is 0.351 e. The topological polar surface area (TPSA) is 55.1 Å². The highest BCUT2D eigenvalue weighted by molar-refractivity contribution is 5.77. The van der Waals surface area contributed by atoms with E-state index in [0.717, 1.165) is 25.7 Å². The number of carbonyl (C=O) groups excluding carboxylic acids is 1. The van der Waals surface area contributed by atoms with Gasteiger partial charge in [-0.3, -0.25) is 4.79 Å². The van der Waals surface area contributed by atoms with Crippen LogP contribution in [0.4, 0.5) is 0 Å². The van der Waals surface area contributed by atoms with Crippen molar-refractivity contribution in [3.63, 3.8) is 0 Å². The van der Waals surface area contributed by atoms with Gasteiger partial charge in [-0.05, 0) is 26.2 Å². The highest BCUT2D eigenvalue weighted by atomic mass is 16.1. The summed E-state index contributed by atoms with van der Waals surface area (Å²) in [5, 5.41) is 3.06. The Morgan fingerprint density at radius 3 is 2.27 bits per heavy atom. The lowest BCUT2D eigenvalue weighted by molar-refractivity contribution is -0.123. The zero-order valence-electron chi connectivity index (χ0n) is 10.6. The molecule has 0 bridgehead atoms. The number of rotatable bonds is 7. The van der Waals surface area contributed by atoms with E-state index in [1.807, 2.05) is 0 Å².